The molecule has 0 aliphatic heterocycles. The Morgan fingerprint density at radius 1 is 1.53 bits per heavy atom. The number of nitro benzene ring substituents is 1. The number of benzene rings is 1. The molecule has 4 nitrogen and oxygen atoms in total. The second-order valence-corrected chi connectivity index (χ2v) is 6.27. The molecular formula is C13H16BrFN2O2. The second-order valence-electron chi connectivity index (χ2n) is 5.41. The van der Waals surface area contributed by atoms with Gasteiger partial charge in [-0.1, -0.05) is 13.8 Å². The van der Waals surface area contributed by atoms with Gasteiger partial charge in [-0.15, -0.1) is 0 Å². The summed E-state index contributed by atoms with van der Waals surface area (Å²) in [5.74, 6) is 0.0156. The van der Waals surface area contributed by atoms with Gasteiger partial charge in [0.05, 0.1) is 9.40 Å². The molecule has 2 rings (SSSR count). The molecule has 1 saturated carbocycles. The number of nitrogens with one attached hydrogen (secondary N) is 1. The summed E-state index contributed by atoms with van der Waals surface area (Å²) in [5.41, 5.74) is 0.350. The highest BCUT2D eigenvalue weighted by atomic mass is 79.9. The molecule has 0 radical (unpaired) electrons. The minimum Gasteiger partial charge on any atom is -0.379 e. The lowest BCUT2D eigenvalue weighted by atomic mass is 9.92. The standard InChI is InChI=1S/C13H16BrFN2O2/c1-8(2)13(3-4-13)7-16-11-6-10(15)9(14)5-12(11)17(18)19/h5-6,8,16H,3-4,7H2,1-2H3. The highest BCUT2D eigenvalue weighted by molar-refractivity contribution is 9.10. The molecule has 0 saturated heterocycles. The molecule has 1 aliphatic rings. The van der Waals surface area contributed by atoms with Gasteiger partial charge in [-0.25, -0.2) is 4.39 Å². The van der Waals surface area contributed by atoms with Crippen molar-refractivity contribution in [3.63, 3.8) is 0 Å². The first kappa shape index (κ1) is 14.2. The summed E-state index contributed by atoms with van der Waals surface area (Å²) in [5, 5.41) is 14.0. The van der Waals surface area contributed by atoms with Crippen LogP contribution in [-0.2, 0) is 0 Å². The minimum atomic E-state index is -0.499. The molecule has 0 atom stereocenters. The molecule has 1 aromatic carbocycles. The van der Waals surface area contributed by atoms with Crippen molar-refractivity contribution in [1.29, 1.82) is 0 Å². The van der Waals surface area contributed by atoms with Gasteiger partial charge in [0.15, 0.2) is 0 Å². The van der Waals surface area contributed by atoms with Crippen LogP contribution in [0, 0.1) is 27.3 Å². The van der Waals surface area contributed by atoms with Crippen molar-refractivity contribution in [1.82, 2.24) is 0 Å². The topological polar surface area (TPSA) is 55.2 Å². The van der Waals surface area contributed by atoms with Crippen LogP contribution in [0.5, 0.6) is 0 Å². The normalized spacial score (nSPS) is 16.5. The van der Waals surface area contributed by atoms with Gasteiger partial charge < -0.3 is 5.32 Å². The van der Waals surface area contributed by atoms with Crippen LogP contribution in [0.15, 0.2) is 16.6 Å². The summed E-state index contributed by atoms with van der Waals surface area (Å²) in [4.78, 5) is 10.5. The fourth-order valence-corrected chi connectivity index (χ4v) is 2.55. The summed E-state index contributed by atoms with van der Waals surface area (Å²) in [6.45, 7) is 4.93. The van der Waals surface area contributed by atoms with Crippen LogP contribution in [0.4, 0.5) is 15.8 Å². The fraction of sp³-hybridized carbons (Fsp3) is 0.538. The number of nitrogens with zero attached hydrogens (tertiary/aromatic N) is 1. The zero-order valence-electron chi connectivity index (χ0n) is 10.9. The van der Waals surface area contributed by atoms with Crippen LogP contribution in [0.2, 0.25) is 0 Å². The largest absolute Gasteiger partial charge is 0.379 e. The van der Waals surface area contributed by atoms with Gasteiger partial charge in [-0.05, 0) is 40.1 Å². The first-order valence-electron chi connectivity index (χ1n) is 6.23. The van der Waals surface area contributed by atoms with Crippen LogP contribution in [0.1, 0.15) is 26.7 Å². The fourth-order valence-electron chi connectivity index (χ4n) is 2.22. The molecule has 0 bridgehead atoms. The van der Waals surface area contributed by atoms with E-state index in [2.05, 4.69) is 35.1 Å². The van der Waals surface area contributed by atoms with E-state index in [1.807, 2.05) is 0 Å². The van der Waals surface area contributed by atoms with E-state index in [4.69, 9.17) is 0 Å². The predicted octanol–water partition coefficient (Wildman–Crippen LogP) is 4.34. The summed E-state index contributed by atoms with van der Waals surface area (Å²) in [7, 11) is 0. The van der Waals surface area contributed by atoms with Crippen molar-refractivity contribution in [3.05, 3.63) is 32.5 Å². The average Bonchev–Trinajstić information content (AvgIpc) is 3.11. The lowest BCUT2D eigenvalue weighted by Gasteiger charge is -2.20. The summed E-state index contributed by atoms with van der Waals surface area (Å²) < 4.78 is 13.6. The zero-order valence-corrected chi connectivity index (χ0v) is 12.5. The second kappa shape index (κ2) is 5.07. The van der Waals surface area contributed by atoms with Crippen molar-refractivity contribution in [2.45, 2.75) is 26.7 Å². The van der Waals surface area contributed by atoms with Crippen LogP contribution in [0.3, 0.4) is 0 Å². The van der Waals surface area contributed by atoms with Gasteiger partial charge in [0.1, 0.15) is 11.5 Å². The van der Waals surface area contributed by atoms with Crippen molar-refractivity contribution in [2.75, 3.05) is 11.9 Å². The van der Waals surface area contributed by atoms with Crippen LogP contribution >= 0.6 is 15.9 Å². The smallest absolute Gasteiger partial charge is 0.293 e. The number of halogens is 2. The Labute approximate surface area is 119 Å². The molecular weight excluding hydrogens is 315 g/mol. The maximum atomic E-state index is 13.5. The summed E-state index contributed by atoms with van der Waals surface area (Å²) in [6.07, 6.45) is 2.23. The summed E-state index contributed by atoms with van der Waals surface area (Å²) in [6, 6.07) is 2.38. The van der Waals surface area contributed by atoms with Crippen LogP contribution in [-0.4, -0.2) is 11.5 Å². The van der Waals surface area contributed by atoms with Crippen LogP contribution in [0.25, 0.3) is 0 Å². The molecule has 0 heterocycles. The SMILES string of the molecule is CC(C)C1(CNc2cc(F)c(Br)cc2[N+](=O)[O-])CC1. The maximum Gasteiger partial charge on any atom is 0.293 e. The molecule has 0 amide bonds. The third-order valence-corrected chi connectivity index (χ3v) is 4.59. The van der Waals surface area contributed by atoms with Gasteiger partial charge >= 0.3 is 0 Å². The maximum absolute atomic E-state index is 13.5. The molecule has 1 N–H and O–H groups in total. The summed E-state index contributed by atoms with van der Waals surface area (Å²) >= 11 is 2.97. The van der Waals surface area contributed by atoms with Gasteiger partial charge in [0, 0.05) is 18.7 Å². The minimum absolute atomic E-state index is 0.104. The Kier molecular flexibility index (Phi) is 3.80. The molecule has 0 spiro atoms. The number of anilines is 1. The Bertz CT molecular complexity index is 516. The number of rotatable bonds is 5. The molecule has 1 aromatic rings. The van der Waals surface area contributed by atoms with Crippen molar-refractivity contribution in [3.8, 4) is 0 Å². The Morgan fingerprint density at radius 3 is 2.63 bits per heavy atom. The molecule has 1 aliphatic carbocycles. The zero-order chi connectivity index (χ0) is 14.2. The molecule has 0 unspecified atom stereocenters. The van der Waals surface area contributed by atoms with E-state index < -0.39 is 10.7 Å². The number of nitro groups is 1. The highest BCUT2D eigenvalue weighted by Crippen LogP contribution is 2.52. The van der Waals surface area contributed by atoms with E-state index >= 15 is 0 Å². The van der Waals surface area contributed by atoms with Gasteiger partial charge in [-0.2, -0.15) is 0 Å². The molecule has 104 valence electrons. The lowest BCUT2D eigenvalue weighted by molar-refractivity contribution is -0.384. The number of hydrogen-bond acceptors (Lipinski definition) is 3. The molecule has 1 fully saturated rings. The first-order valence-corrected chi connectivity index (χ1v) is 7.02. The van der Waals surface area contributed by atoms with Crippen molar-refractivity contribution < 1.29 is 9.31 Å². The molecule has 0 aromatic heterocycles. The first-order chi connectivity index (χ1) is 8.85. The van der Waals surface area contributed by atoms with E-state index in [1.54, 1.807) is 0 Å². The highest BCUT2D eigenvalue weighted by Gasteiger charge is 2.45. The Morgan fingerprint density at radius 2 is 2.16 bits per heavy atom. The van der Waals surface area contributed by atoms with E-state index in [0.717, 1.165) is 12.8 Å². The molecule has 19 heavy (non-hydrogen) atoms. The van der Waals surface area contributed by atoms with Crippen molar-refractivity contribution >= 4 is 27.3 Å². The van der Waals surface area contributed by atoms with Gasteiger partial charge in [0.25, 0.3) is 5.69 Å². The van der Waals surface area contributed by atoms with E-state index in [0.29, 0.717) is 12.5 Å². The van der Waals surface area contributed by atoms with E-state index in [-0.39, 0.29) is 21.3 Å². The third-order valence-electron chi connectivity index (χ3n) is 3.98. The molecule has 6 heteroatoms. The Hall–Kier alpha value is -1.17. The lowest BCUT2D eigenvalue weighted by Crippen LogP contribution is -2.21. The van der Waals surface area contributed by atoms with E-state index in [1.165, 1.54) is 12.1 Å². The van der Waals surface area contributed by atoms with Crippen molar-refractivity contribution in [2.24, 2.45) is 11.3 Å². The van der Waals surface area contributed by atoms with Crippen LogP contribution < -0.4 is 5.32 Å². The number of hydrogen-bond donors (Lipinski definition) is 1. The monoisotopic (exact) mass is 330 g/mol. The van der Waals surface area contributed by atoms with Gasteiger partial charge in [0.2, 0.25) is 0 Å². The van der Waals surface area contributed by atoms with Gasteiger partial charge in [-0.3, -0.25) is 10.1 Å². The average molecular weight is 331 g/mol. The third kappa shape index (κ3) is 2.88. The van der Waals surface area contributed by atoms with E-state index in [9.17, 15) is 14.5 Å². The quantitative estimate of drug-likeness (QED) is 0.645. The predicted molar refractivity (Wildman–Crippen MR) is 75.7 cm³/mol. The Balaban J connectivity index is 2.20.